The Hall–Kier alpha value is -1.71. The maximum absolute atomic E-state index is 4.54. The van der Waals surface area contributed by atoms with E-state index in [0.717, 1.165) is 35.6 Å². The van der Waals surface area contributed by atoms with E-state index in [2.05, 4.69) is 31.2 Å². The number of hydrogen-bond acceptors (Lipinski definition) is 2. The van der Waals surface area contributed by atoms with Gasteiger partial charge in [0, 0.05) is 19.8 Å². The first-order chi connectivity index (χ1) is 9.63. The predicted octanol–water partition coefficient (Wildman–Crippen LogP) is 2.24. The fourth-order valence-electron chi connectivity index (χ4n) is 1.88. The van der Waals surface area contributed by atoms with Crippen LogP contribution in [0.3, 0.4) is 0 Å². The van der Waals surface area contributed by atoms with E-state index in [0.29, 0.717) is 0 Å². The van der Waals surface area contributed by atoms with E-state index in [9.17, 15) is 0 Å². The molecule has 6 heteroatoms. The van der Waals surface area contributed by atoms with Crippen LogP contribution in [-0.4, -0.2) is 33.9 Å². The molecular weight excluding hydrogens is 269 g/mol. The zero-order valence-electron chi connectivity index (χ0n) is 12.1. The van der Waals surface area contributed by atoms with Gasteiger partial charge in [0.15, 0.2) is 0 Å². The SMILES string of the molecule is CCCNC(=P)N(C)c1cn(-c2cccnc2)nc1C. The van der Waals surface area contributed by atoms with Gasteiger partial charge in [-0.2, -0.15) is 5.10 Å². The van der Waals surface area contributed by atoms with Crippen molar-refractivity contribution in [2.45, 2.75) is 20.3 Å². The monoisotopic (exact) mass is 289 g/mol. The molecule has 0 amide bonds. The van der Waals surface area contributed by atoms with Crippen LogP contribution >= 0.6 is 8.86 Å². The van der Waals surface area contributed by atoms with Gasteiger partial charge in [0.2, 0.25) is 0 Å². The number of pyridine rings is 1. The molecule has 0 bridgehead atoms. The van der Waals surface area contributed by atoms with Crippen LogP contribution in [0.2, 0.25) is 0 Å². The Labute approximate surface area is 121 Å². The fraction of sp³-hybridized carbons (Fsp3) is 0.357. The molecule has 2 heterocycles. The predicted molar refractivity (Wildman–Crippen MR) is 86.1 cm³/mol. The van der Waals surface area contributed by atoms with Gasteiger partial charge in [0.25, 0.3) is 0 Å². The smallest absolute Gasteiger partial charge is 0.105 e. The largest absolute Gasteiger partial charge is 0.329 e. The molecule has 0 saturated heterocycles. The van der Waals surface area contributed by atoms with Crippen LogP contribution in [0.1, 0.15) is 19.0 Å². The molecule has 2 rings (SSSR count). The number of aromatic nitrogens is 3. The highest BCUT2D eigenvalue weighted by Gasteiger charge is 2.13. The van der Waals surface area contributed by atoms with Gasteiger partial charge in [0.05, 0.1) is 29.5 Å². The van der Waals surface area contributed by atoms with Crippen LogP contribution in [0.15, 0.2) is 30.7 Å². The average molecular weight is 289 g/mol. The third-order valence-electron chi connectivity index (χ3n) is 3.02. The number of aryl methyl sites for hydroxylation is 1. The minimum absolute atomic E-state index is 0.930. The summed E-state index contributed by atoms with van der Waals surface area (Å²) in [5.74, 6) is 0. The van der Waals surface area contributed by atoms with Gasteiger partial charge in [-0.3, -0.25) is 10.3 Å². The van der Waals surface area contributed by atoms with Crippen molar-refractivity contribution < 1.29 is 0 Å². The van der Waals surface area contributed by atoms with Crippen LogP contribution in [0.4, 0.5) is 5.69 Å². The lowest BCUT2D eigenvalue weighted by molar-refractivity contribution is 0.837. The summed E-state index contributed by atoms with van der Waals surface area (Å²) in [5, 5.41) is 7.85. The van der Waals surface area contributed by atoms with Gasteiger partial charge in [-0.05, 0) is 25.5 Å². The number of rotatable bonds is 6. The summed E-state index contributed by atoms with van der Waals surface area (Å²) in [5.41, 5.74) is 3.89. The van der Waals surface area contributed by atoms with Gasteiger partial charge in [-0.1, -0.05) is 15.8 Å². The lowest BCUT2D eigenvalue weighted by atomic mass is 10.4. The summed E-state index contributed by atoms with van der Waals surface area (Å²) in [6, 6.07) is 3.89. The van der Waals surface area contributed by atoms with E-state index >= 15 is 0 Å². The molecule has 0 saturated carbocycles. The minimum Gasteiger partial charge on any atom is -0.329 e. The summed E-state index contributed by atoms with van der Waals surface area (Å²) in [7, 11) is 5.62. The van der Waals surface area contributed by atoms with E-state index in [1.54, 1.807) is 12.4 Å². The van der Waals surface area contributed by atoms with Crippen molar-refractivity contribution in [3.05, 3.63) is 36.4 Å². The second-order valence-electron chi connectivity index (χ2n) is 4.59. The Balaban J connectivity index is 2.21. The number of anilines is 1. The van der Waals surface area contributed by atoms with Crippen LogP contribution in [0.25, 0.3) is 5.69 Å². The summed E-state index contributed by atoms with van der Waals surface area (Å²) in [6.07, 6.45) is 6.63. The van der Waals surface area contributed by atoms with E-state index in [-0.39, 0.29) is 0 Å². The highest BCUT2D eigenvalue weighted by molar-refractivity contribution is 7.21. The molecule has 106 valence electrons. The Morgan fingerprint density at radius 3 is 2.95 bits per heavy atom. The van der Waals surface area contributed by atoms with Crippen molar-refractivity contribution in [1.29, 1.82) is 0 Å². The molecule has 2 aromatic rings. The summed E-state index contributed by atoms with van der Waals surface area (Å²) in [6.45, 7) is 5.06. The minimum atomic E-state index is 0.930. The molecule has 0 aliphatic carbocycles. The quantitative estimate of drug-likeness (QED) is 0.829. The summed E-state index contributed by atoms with van der Waals surface area (Å²) >= 11 is 0. The first kappa shape index (κ1) is 14.7. The third kappa shape index (κ3) is 3.24. The van der Waals surface area contributed by atoms with Gasteiger partial charge in [-0.15, -0.1) is 0 Å². The van der Waals surface area contributed by atoms with Crippen LogP contribution in [0.5, 0.6) is 0 Å². The van der Waals surface area contributed by atoms with Crippen molar-refractivity contribution in [2.75, 3.05) is 18.5 Å². The van der Waals surface area contributed by atoms with E-state index in [4.69, 9.17) is 0 Å². The second-order valence-corrected chi connectivity index (χ2v) is 5.06. The maximum atomic E-state index is 4.54. The molecule has 0 aliphatic heterocycles. The molecule has 1 N–H and O–H groups in total. The highest BCUT2D eigenvalue weighted by Crippen LogP contribution is 2.19. The molecule has 0 fully saturated rings. The van der Waals surface area contributed by atoms with Crippen molar-refractivity contribution in [3.8, 4) is 5.69 Å². The van der Waals surface area contributed by atoms with Crippen molar-refractivity contribution in [2.24, 2.45) is 0 Å². The molecule has 0 aliphatic rings. The maximum Gasteiger partial charge on any atom is 0.105 e. The lowest BCUT2D eigenvalue weighted by Crippen LogP contribution is -2.37. The average Bonchev–Trinajstić information content (AvgIpc) is 2.87. The molecule has 5 nitrogen and oxygen atoms in total. The summed E-state index contributed by atoms with van der Waals surface area (Å²) in [4.78, 5) is 6.16. The van der Waals surface area contributed by atoms with E-state index in [1.807, 2.05) is 41.9 Å². The van der Waals surface area contributed by atoms with Crippen molar-refractivity contribution in [1.82, 2.24) is 20.1 Å². The van der Waals surface area contributed by atoms with Crippen LogP contribution in [-0.2, 0) is 0 Å². The van der Waals surface area contributed by atoms with E-state index < -0.39 is 0 Å². The van der Waals surface area contributed by atoms with Gasteiger partial charge in [0.1, 0.15) is 5.54 Å². The van der Waals surface area contributed by atoms with Crippen LogP contribution < -0.4 is 10.2 Å². The highest BCUT2D eigenvalue weighted by atomic mass is 31.0. The topological polar surface area (TPSA) is 46.0 Å². The first-order valence-corrected chi connectivity index (χ1v) is 7.16. The normalized spacial score (nSPS) is 10.6. The Kier molecular flexibility index (Phi) is 4.88. The summed E-state index contributed by atoms with van der Waals surface area (Å²) < 4.78 is 1.84. The molecular formula is C14H20N5P. The first-order valence-electron chi connectivity index (χ1n) is 6.66. The number of nitrogens with zero attached hydrogens (tertiary/aromatic N) is 4. The second kappa shape index (κ2) is 6.64. The van der Waals surface area contributed by atoms with Gasteiger partial charge in [-0.25, -0.2) is 4.68 Å². The Morgan fingerprint density at radius 2 is 2.30 bits per heavy atom. The van der Waals surface area contributed by atoms with Crippen LogP contribution in [0, 0.1) is 6.92 Å². The standard InChI is InChI=1S/C14H20N5P/c1-4-7-16-14(20)18(3)13-10-19(17-11(13)2)12-6-5-8-15-9-12/h5-6,8-10,16,20H,4,7H2,1-3H3. The number of hydrogen-bond donors (Lipinski definition) is 1. The zero-order valence-corrected chi connectivity index (χ0v) is 13.1. The Morgan fingerprint density at radius 1 is 1.50 bits per heavy atom. The molecule has 2 aromatic heterocycles. The molecule has 20 heavy (non-hydrogen) atoms. The van der Waals surface area contributed by atoms with Gasteiger partial charge >= 0.3 is 0 Å². The van der Waals surface area contributed by atoms with E-state index in [1.165, 1.54) is 0 Å². The van der Waals surface area contributed by atoms with Gasteiger partial charge < -0.3 is 4.90 Å². The molecule has 0 radical (unpaired) electrons. The lowest BCUT2D eigenvalue weighted by Gasteiger charge is -2.20. The number of nitrogens with one attached hydrogen (secondary N) is 1. The fourth-order valence-corrected chi connectivity index (χ4v) is 2.13. The third-order valence-corrected chi connectivity index (χ3v) is 3.53. The Bertz CT molecular complexity index is 579. The van der Waals surface area contributed by atoms with Crippen molar-refractivity contribution in [3.63, 3.8) is 0 Å². The zero-order chi connectivity index (χ0) is 14.5. The molecule has 0 unspecified atom stereocenters. The van der Waals surface area contributed by atoms with Crippen molar-refractivity contribution >= 4 is 20.1 Å². The molecule has 0 atom stereocenters. The molecule has 0 spiro atoms. The molecule has 0 aromatic carbocycles.